The Morgan fingerprint density at radius 2 is 1.74 bits per heavy atom. The third kappa shape index (κ3) is 3.52. The number of nitrogens with two attached hydrogens (primary N) is 1. The van der Waals surface area contributed by atoms with Crippen molar-refractivity contribution >= 4 is 17.7 Å². The summed E-state index contributed by atoms with van der Waals surface area (Å²) in [4.78, 5) is 37.4. The number of benzene rings is 1. The van der Waals surface area contributed by atoms with Gasteiger partial charge in [0.1, 0.15) is 6.04 Å². The highest BCUT2D eigenvalue weighted by atomic mass is 16.2. The predicted molar refractivity (Wildman–Crippen MR) is 86.4 cm³/mol. The van der Waals surface area contributed by atoms with Crippen molar-refractivity contribution in [1.82, 2.24) is 10.2 Å². The molecule has 0 aromatic heterocycles. The van der Waals surface area contributed by atoms with Crippen molar-refractivity contribution in [2.24, 2.45) is 5.73 Å². The van der Waals surface area contributed by atoms with Gasteiger partial charge in [0.2, 0.25) is 17.7 Å². The zero-order valence-electron chi connectivity index (χ0n) is 13.5. The molecule has 1 aromatic rings. The fraction of sp³-hybridized carbons (Fsp3) is 0.471. The lowest BCUT2D eigenvalue weighted by molar-refractivity contribution is -0.136. The van der Waals surface area contributed by atoms with Crippen LogP contribution in [-0.2, 0) is 19.8 Å². The topological polar surface area (TPSA) is 92.5 Å². The van der Waals surface area contributed by atoms with Gasteiger partial charge >= 0.3 is 0 Å². The first-order chi connectivity index (χ1) is 10.9. The van der Waals surface area contributed by atoms with Crippen LogP contribution in [-0.4, -0.2) is 41.8 Å². The monoisotopic (exact) mass is 317 g/mol. The van der Waals surface area contributed by atoms with Crippen molar-refractivity contribution in [1.29, 1.82) is 0 Å². The molecule has 1 aliphatic rings. The lowest BCUT2D eigenvalue weighted by Crippen LogP contribution is -2.55. The van der Waals surface area contributed by atoms with Crippen LogP contribution in [0, 0.1) is 0 Å². The molecule has 1 aromatic carbocycles. The summed E-state index contributed by atoms with van der Waals surface area (Å²) in [5, 5.41) is 2.72. The Bertz CT molecular complexity index is 592. The number of carbonyl (C=O) groups excluding carboxylic acids is 3. The lowest BCUT2D eigenvalue weighted by atomic mass is 9.71. The molecule has 1 aliphatic heterocycles. The summed E-state index contributed by atoms with van der Waals surface area (Å²) in [5.41, 5.74) is 5.41. The van der Waals surface area contributed by atoms with Gasteiger partial charge in [0.05, 0.1) is 5.41 Å². The van der Waals surface area contributed by atoms with Crippen LogP contribution in [0.25, 0.3) is 0 Å². The van der Waals surface area contributed by atoms with E-state index in [1.807, 2.05) is 30.3 Å². The Labute approximate surface area is 136 Å². The van der Waals surface area contributed by atoms with Crippen molar-refractivity contribution in [3.8, 4) is 0 Å². The van der Waals surface area contributed by atoms with E-state index in [0.29, 0.717) is 25.9 Å². The fourth-order valence-corrected chi connectivity index (χ4v) is 3.01. The molecular formula is C17H23N3O3. The minimum atomic E-state index is -0.739. The van der Waals surface area contributed by atoms with Crippen LogP contribution in [0.5, 0.6) is 0 Å². The summed E-state index contributed by atoms with van der Waals surface area (Å²) in [6.07, 6.45) is 1.04. The average molecular weight is 317 g/mol. The molecule has 23 heavy (non-hydrogen) atoms. The van der Waals surface area contributed by atoms with Crippen molar-refractivity contribution in [3.05, 3.63) is 35.9 Å². The number of carbonyl (C=O) groups is 3. The predicted octanol–water partition coefficient (Wildman–Crippen LogP) is 0.557. The minimum absolute atomic E-state index is 0.0116. The Balaban J connectivity index is 2.28. The number of amides is 3. The highest BCUT2D eigenvalue weighted by molar-refractivity contribution is 5.92. The summed E-state index contributed by atoms with van der Waals surface area (Å²) >= 11 is 0. The molecule has 0 radical (unpaired) electrons. The van der Waals surface area contributed by atoms with Gasteiger partial charge in [-0.15, -0.1) is 0 Å². The Morgan fingerprint density at radius 3 is 2.22 bits per heavy atom. The molecule has 6 nitrogen and oxygen atoms in total. The second kappa shape index (κ2) is 6.81. The Morgan fingerprint density at radius 1 is 1.17 bits per heavy atom. The molecule has 3 N–H and O–H groups in total. The quantitative estimate of drug-likeness (QED) is 0.849. The second-order valence-electron chi connectivity index (χ2n) is 6.05. The van der Waals surface area contributed by atoms with Gasteiger partial charge in [0.15, 0.2) is 0 Å². The normalized spacial score (nSPS) is 18.1. The zero-order chi connectivity index (χ0) is 17.0. The average Bonchev–Trinajstić information content (AvgIpc) is 2.55. The molecule has 1 heterocycles. The maximum atomic E-state index is 12.9. The van der Waals surface area contributed by atoms with Crippen molar-refractivity contribution in [3.63, 3.8) is 0 Å². The van der Waals surface area contributed by atoms with Gasteiger partial charge < -0.3 is 16.0 Å². The molecule has 124 valence electrons. The van der Waals surface area contributed by atoms with Gasteiger partial charge in [-0.2, -0.15) is 0 Å². The molecular weight excluding hydrogens is 294 g/mol. The number of nitrogens with zero attached hydrogens (tertiary/aromatic N) is 1. The standard InChI is InChI=1S/C17H23N3O3/c1-12(15(18)22)19-16(23)17(14-6-4-3-5-7-14)8-10-20(11-9-17)13(2)21/h3-7,12H,8-11H2,1-2H3,(H2,18,22)(H,19,23). The highest BCUT2D eigenvalue weighted by Gasteiger charge is 2.43. The first-order valence-electron chi connectivity index (χ1n) is 7.78. The van der Waals surface area contributed by atoms with Crippen LogP contribution in [0.2, 0.25) is 0 Å². The summed E-state index contributed by atoms with van der Waals surface area (Å²) in [6, 6.07) is 8.77. The first kappa shape index (κ1) is 17.0. The first-order valence-corrected chi connectivity index (χ1v) is 7.78. The van der Waals surface area contributed by atoms with E-state index in [-0.39, 0.29) is 11.8 Å². The number of primary amides is 1. The molecule has 1 fully saturated rings. The van der Waals surface area contributed by atoms with E-state index in [0.717, 1.165) is 5.56 Å². The van der Waals surface area contributed by atoms with E-state index >= 15 is 0 Å². The van der Waals surface area contributed by atoms with Crippen LogP contribution >= 0.6 is 0 Å². The molecule has 0 spiro atoms. The second-order valence-corrected chi connectivity index (χ2v) is 6.05. The third-order valence-electron chi connectivity index (χ3n) is 4.60. The number of piperidine rings is 1. The van der Waals surface area contributed by atoms with E-state index in [4.69, 9.17) is 5.73 Å². The third-order valence-corrected chi connectivity index (χ3v) is 4.60. The molecule has 0 saturated carbocycles. The number of rotatable bonds is 4. The smallest absolute Gasteiger partial charge is 0.239 e. The largest absolute Gasteiger partial charge is 0.368 e. The summed E-state index contributed by atoms with van der Waals surface area (Å²) in [5.74, 6) is -0.765. The van der Waals surface area contributed by atoms with Gasteiger partial charge in [0, 0.05) is 20.0 Å². The summed E-state index contributed by atoms with van der Waals surface area (Å²) in [6.45, 7) is 4.14. The Kier molecular flexibility index (Phi) is 5.03. The molecule has 1 saturated heterocycles. The van der Waals surface area contributed by atoms with E-state index in [9.17, 15) is 14.4 Å². The van der Waals surface area contributed by atoms with E-state index in [2.05, 4.69) is 5.32 Å². The van der Waals surface area contributed by atoms with E-state index in [1.54, 1.807) is 11.8 Å². The molecule has 2 rings (SSSR count). The van der Waals surface area contributed by atoms with Gasteiger partial charge in [-0.3, -0.25) is 14.4 Å². The molecule has 1 atom stereocenters. The van der Waals surface area contributed by atoms with Crippen molar-refractivity contribution in [2.75, 3.05) is 13.1 Å². The maximum Gasteiger partial charge on any atom is 0.239 e. The molecule has 3 amide bonds. The number of nitrogens with one attached hydrogen (secondary N) is 1. The minimum Gasteiger partial charge on any atom is -0.368 e. The SMILES string of the molecule is CC(=O)N1CCC(C(=O)NC(C)C(N)=O)(c2ccccc2)CC1. The van der Waals surface area contributed by atoms with Gasteiger partial charge in [-0.1, -0.05) is 30.3 Å². The van der Waals surface area contributed by atoms with Crippen LogP contribution in [0.4, 0.5) is 0 Å². The van der Waals surface area contributed by atoms with Crippen LogP contribution in [0.1, 0.15) is 32.3 Å². The number of likely N-dealkylation sites (tertiary alicyclic amines) is 1. The Hall–Kier alpha value is -2.37. The molecule has 0 bridgehead atoms. The number of hydrogen-bond acceptors (Lipinski definition) is 3. The van der Waals surface area contributed by atoms with Gasteiger partial charge in [-0.25, -0.2) is 0 Å². The zero-order valence-corrected chi connectivity index (χ0v) is 13.5. The van der Waals surface area contributed by atoms with E-state index in [1.165, 1.54) is 6.92 Å². The van der Waals surface area contributed by atoms with Crippen LogP contribution in [0.15, 0.2) is 30.3 Å². The maximum absolute atomic E-state index is 12.9. The summed E-state index contributed by atoms with van der Waals surface area (Å²) < 4.78 is 0. The van der Waals surface area contributed by atoms with Gasteiger partial charge in [-0.05, 0) is 25.3 Å². The van der Waals surface area contributed by atoms with Crippen LogP contribution in [0.3, 0.4) is 0 Å². The lowest BCUT2D eigenvalue weighted by Gasteiger charge is -2.41. The van der Waals surface area contributed by atoms with Crippen molar-refractivity contribution in [2.45, 2.75) is 38.1 Å². The van der Waals surface area contributed by atoms with E-state index < -0.39 is 17.4 Å². The number of hydrogen-bond donors (Lipinski definition) is 2. The van der Waals surface area contributed by atoms with Crippen molar-refractivity contribution < 1.29 is 14.4 Å². The summed E-state index contributed by atoms with van der Waals surface area (Å²) in [7, 11) is 0. The molecule has 0 aliphatic carbocycles. The van der Waals surface area contributed by atoms with Crippen LogP contribution < -0.4 is 11.1 Å². The molecule has 1 unspecified atom stereocenters. The fourth-order valence-electron chi connectivity index (χ4n) is 3.01. The van der Waals surface area contributed by atoms with Gasteiger partial charge in [0.25, 0.3) is 0 Å². The molecule has 6 heteroatoms. The highest BCUT2D eigenvalue weighted by Crippen LogP contribution is 2.36.